The Labute approximate surface area is 90.5 Å². The van der Waals surface area contributed by atoms with Gasteiger partial charge >= 0.3 is 5.97 Å². The molecule has 84 valence electrons. The van der Waals surface area contributed by atoms with Crippen molar-refractivity contribution in [1.29, 1.82) is 0 Å². The van der Waals surface area contributed by atoms with Crippen LogP contribution in [0, 0.1) is 11.3 Å². The molecule has 0 amide bonds. The molecule has 2 atom stereocenters. The molecule has 0 aromatic heterocycles. The quantitative estimate of drug-likeness (QED) is 0.753. The van der Waals surface area contributed by atoms with Gasteiger partial charge in [-0.05, 0) is 31.1 Å². The topological polar surface area (TPSA) is 40.5 Å². The molecule has 0 aromatic rings. The van der Waals surface area contributed by atoms with Crippen molar-refractivity contribution >= 4 is 5.97 Å². The second-order valence-electron chi connectivity index (χ2n) is 5.70. The molecule has 0 aromatic carbocycles. The van der Waals surface area contributed by atoms with Crippen molar-refractivity contribution in [2.45, 2.75) is 44.6 Å². The van der Waals surface area contributed by atoms with Gasteiger partial charge in [-0.15, -0.1) is 0 Å². The van der Waals surface area contributed by atoms with Crippen LogP contribution in [0.4, 0.5) is 0 Å². The van der Waals surface area contributed by atoms with Gasteiger partial charge in [0.2, 0.25) is 0 Å². The summed E-state index contributed by atoms with van der Waals surface area (Å²) in [4.78, 5) is 13.5. The number of carboxylic acid groups (broad SMARTS) is 1. The second kappa shape index (κ2) is 3.21. The molecule has 0 radical (unpaired) electrons. The normalized spacial score (nSPS) is 38.7. The third-order valence-electron chi connectivity index (χ3n) is 4.76. The van der Waals surface area contributed by atoms with Crippen molar-refractivity contribution in [3.8, 4) is 0 Å². The van der Waals surface area contributed by atoms with Gasteiger partial charge in [0.25, 0.3) is 0 Å². The van der Waals surface area contributed by atoms with E-state index in [0.29, 0.717) is 11.5 Å². The van der Waals surface area contributed by atoms with E-state index in [1.54, 1.807) is 0 Å². The molecule has 2 aliphatic carbocycles. The third-order valence-corrected chi connectivity index (χ3v) is 4.76. The van der Waals surface area contributed by atoms with E-state index in [2.05, 4.69) is 4.90 Å². The fourth-order valence-electron chi connectivity index (χ4n) is 3.71. The molecular weight excluding hydrogens is 190 g/mol. The number of rotatable bonds is 2. The maximum atomic E-state index is 11.1. The predicted octanol–water partition coefficient (Wildman–Crippen LogP) is 1.73. The Bertz CT molecular complexity index is 277. The lowest BCUT2D eigenvalue weighted by atomic mass is 9.63. The summed E-state index contributed by atoms with van der Waals surface area (Å²) in [6.07, 6.45) is 7.25. The fraction of sp³-hybridized carbons (Fsp3) is 0.917. The van der Waals surface area contributed by atoms with Gasteiger partial charge in [-0.25, -0.2) is 0 Å². The van der Waals surface area contributed by atoms with E-state index in [1.165, 1.54) is 32.4 Å². The fourth-order valence-corrected chi connectivity index (χ4v) is 3.71. The highest BCUT2D eigenvalue weighted by atomic mass is 16.4. The molecule has 1 spiro atoms. The maximum Gasteiger partial charge on any atom is 0.308 e. The van der Waals surface area contributed by atoms with Crippen molar-refractivity contribution in [2.75, 3.05) is 13.1 Å². The van der Waals surface area contributed by atoms with Crippen LogP contribution in [0.5, 0.6) is 0 Å². The van der Waals surface area contributed by atoms with Gasteiger partial charge in [0.15, 0.2) is 0 Å². The van der Waals surface area contributed by atoms with Crippen molar-refractivity contribution < 1.29 is 9.90 Å². The van der Waals surface area contributed by atoms with E-state index in [1.807, 2.05) is 0 Å². The molecule has 3 aliphatic rings. The summed E-state index contributed by atoms with van der Waals surface area (Å²) in [6, 6.07) is 0.355. The zero-order valence-electron chi connectivity index (χ0n) is 9.11. The van der Waals surface area contributed by atoms with Gasteiger partial charge in [-0.2, -0.15) is 0 Å². The monoisotopic (exact) mass is 209 g/mol. The van der Waals surface area contributed by atoms with E-state index >= 15 is 0 Å². The minimum Gasteiger partial charge on any atom is -0.481 e. The number of hydrogen-bond donors (Lipinski definition) is 1. The van der Waals surface area contributed by atoms with E-state index in [4.69, 9.17) is 5.11 Å². The summed E-state index contributed by atoms with van der Waals surface area (Å²) < 4.78 is 0. The van der Waals surface area contributed by atoms with Gasteiger partial charge in [0.05, 0.1) is 5.92 Å². The van der Waals surface area contributed by atoms with Crippen molar-refractivity contribution in [3.05, 3.63) is 0 Å². The highest BCUT2D eigenvalue weighted by Crippen LogP contribution is 2.50. The Balaban J connectivity index is 1.61. The zero-order valence-corrected chi connectivity index (χ0v) is 9.11. The van der Waals surface area contributed by atoms with Gasteiger partial charge in [0.1, 0.15) is 0 Å². The number of hydrogen-bond acceptors (Lipinski definition) is 2. The summed E-state index contributed by atoms with van der Waals surface area (Å²) in [5.41, 5.74) is 0.631. The van der Waals surface area contributed by atoms with Crippen LogP contribution >= 0.6 is 0 Å². The minimum atomic E-state index is -0.577. The maximum absolute atomic E-state index is 11.1. The molecular formula is C12H19NO2. The zero-order chi connectivity index (χ0) is 10.5. The predicted molar refractivity (Wildman–Crippen MR) is 56.6 cm³/mol. The van der Waals surface area contributed by atoms with Gasteiger partial charge < -0.3 is 5.11 Å². The summed E-state index contributed by atoms with van der Waals surface area (Å²) in [5.74, 6) is -0.658. The molecule has 0 bridgehead atoms. The first-order valence-electron chi connectivity index (χ1n) is 6.17. The van der Waals surface area contributed by atoms with Gasteiger partial charge in [0, 0.05) is 19.1 Å². The summed E-state index contributed by atoms with van der Waals surface area (Å²) in [7, 11) is 0. The van der Waals surface area contributed by atoms with Gasteiger partial charge in [-0.3, -0.25) is 9.69 Å². The number of carbonyl (C=O) groups is 1. The number of likely N-dealkylation sites (tertiary alicyclic amines) is 1. The van der Waals surface area contributed by atoms with Crippen molar-refractivity contribution in [3.63, 3.8) is 0 Å². The van der Waals surface area contributed by atoms with Crippen molar-refractivity contribution in [2.24, 2.45) is 11.3 Å². The standard InChI is InChI=1S/C12H19NO2/c14-11(15)9-3-1-4-10(9)13-7-12(8-13)5-2-6-12/h9-10H,1-8H2,(H,14,15). The van der Waals surface area contributed by atoms with Crippen LogP contribution in [0.2, 0.25) is 0 Å². The van der Waals surface area contributed by atoms with Gasteiger partial charge in [-0.1, -0.05) is 12.8 Å². The molecule has 2 unspecified atom stereocenters. The molecule has 3 rings (SSSR count). The van der Waals surface area contributed by atoms with Crippen LogP contribution in [0.3, 0.4) is 0 Å². The lowest BCUT2D eigenvalue weighted by Gasteiger charge is -2.58. The average molecular weight is 209 g/mol. The Morgan fingerprint density at radius 2 is 1.93 bits per heavy atom. The first-order chi connectivity index (χ1) is 7.20. The molecule has 3 heteroatoms. The number of nitrogens with zero attached hydrogens (tertiary/aromatic N) is 1. The van der Waals surface area contributed by atoms with E-state index in [9.17, 15) is 4.79 Å². The first kappa shape index (κ1) is 9.64. The van der Waals surface area contributed by atoms with Crippen LogP contribution < -0.4 is 0 Å². The molecule has 1 N–H and O–H groups in total. The average Bonchev–Trinajstić information content (AvgIpc) is 2.47. The molecule has 3 fully saturated rings. The first-order valence-corrected chi connectivity index (χ1v) is 6.17. The smallest absolute Gasteiger partial charge is 0.308 e. The highest BCUT2D eigenvalue weighted by molar-refractivity contribution is 5.71. The Morgan fingerprint density at radius 1 is 1.20 bits per heavy atom. The van der Waals surface area contributed by atoms with E-state index in [0.717, 1.165) is 19.3 Å². The Hall–Kier alpha value is -0.570. The van der Waals surface area contributed by atoms with E-state index < -0.39 is 5.97 Å². The van der Waals surface area contributed by atoms with Crippen LogP contribution in [0.1, 0.15) is 38.5 Å². The van der Waals surface area contributed by atoms with Crippen molar-refractivity contribution in [1.82, 2.24) is 4.90 Å². The molecule has 2 saturated carbocycles. The molecule has 1 aliphatic heterocycles. The minimum absolute atomic E-state index is 0.0811. The third kappa shape index (κ3) is 1.40. The molecule has 1 saturated heterocycles. The largest absolute Gasteiger partial charge is 0.481 e. The lowest BCUT2D eigenvalue weighted by molar-refractivity contribution is -0.148. The summed E-state index contributed by atoms with van der Waals surface area (Å²) in [5, 5.41) is 9.13. The highest BCUT2D eigenvalue weighted by Gasteiger charge is 2.51. The Morgan fingerprint density at radius 3 is 2.47 bits per heavy atom. The van der Waals surface area contributed by atoms with Crippen LogP contribution in [0.15, 0.2) is 0 Å². The summed E-state index contributed by atoms with van der Waals surface area (Å²) in [6.45, 7) is 2.36. The Kier molecular flexibility index (Phi) is 2.06. The number of aliphatic carboxylic acids is 1. The van der Waals surface area contributed by atoms with Crippen LogP contribution in [-0.4, -0.2) is 35.1 Å². The molecule has 15 heavy (non-hydrogen) atoms. The van der Waals surface area contributed by atoms with Crippen LogP contribution in [-0.2, 0) is 4.79 Å². The lowest BCUT2D eigenvalue weighted by Crippen LogP contribution is -2.63. The SMILES string of the molecule is O=C(O)C1CCCC1N1CC2(CCC2)C1. The van der Waals surface area contributed by atoms with Crippen LogP contribution in [0.25, 0.3) is 0 Å². The second-order valence-corrected chi connectivity index (χ2v) is 5.70. The molecule has 3 nitrogen and oxygen atoms in total. The summed E-state index contributed by atoms with van der Waals surface area (Å²) >= 11 is 0. The van der Waals surface area contributed by atoms with E-state index in [-0.39, 0.29) is 5.92 Å². The molecule has 1 heterocycles. The number of carboxylic acids is 1.